The van der Waals surface area contributed by atoms with E-state index >= 15 is 0 Å². The molecule has 1 aliphatic rings. The lowest BCUT2D eigenvalue weighted by atomic mass is 10.2. The van der Waals surface area contributed by atoms with Gasteiger partial charge in [-0.1, -0.05) is 17.7 Å². The van der Waals surface area contributed by atoms with Crippen molar-refractivity contribution in [3.05, 3.63) is 36.2 Å². The highest BCUT2D eigenvalue weighted by molar-refractivity contribution is 5.68. The quantitative estimate of drug-likeness (QED) is 0.934. The summed E-state index contributed by atoms with van der Waals surface area (Å²) in [6.07, 6.45) is 1.51. The van der Waals surface area contributed by atoms with Crippen molar-refractivity contribution < 1.29 is 4.74 Å². The number of hydrogen-bond acceptors (Lipinski definition) is 6. The number of nitrogen functional groups attached to an aromatic ring is 1. The molecule has 0 atom stereocenters. The largest absolute Gasteiger partial charge is 0.437 e. The van der Waals surface area contributed by atoms with Gasteiger partial charge in [0, 0.05) is 26.2 Å². The van der Waals surface area contributed by atoms with E-state index < -0.39 is 0 Å². The molecule has 1 aliphatic heterocycles. The first-order valence-electron chi connectivity index (χ1n) is 7.42. The zero-order valence-electron chi connectivity index (χ0n) is 13.0. The molecule has 1 fully saturated rings. The van der Waals surface area contributed by atoms with Crippen LogP contribution in [0.3, 0.4) is 0 Å². The third-order valence-electron chi connectivity index (χ3n) is 3.86. The third kappa shape index (κ3) is 3.12. The molecule has 1 saturated heterocycles. The van der Waals surface area contributed by atoms with Crippen molar-refractivity contribution >= 4 is 11.5 Å². The van der Waals surface area contributed by atoms with E-state index in [2.05, 4.69) is 26.8 Å². The van der Waals surface area contributed by atoms with E-state index in [1.807, 2.05) is 31.2 Å². The maximum atomic E-state index is 6.22. The van der Waals surface area contributed by atoms with Crippen LogP contribution in [0.5, 0.6) is 11.6 Å². The number of piperazine rings is 1. The second-order valence-corrected chi connectivity index (χ2v) is 5.62. The van der Waals surface area contributed by atoms with E-state index in [-0.39, 0.29) is 0 Å². The van der Waals surface area contributed by atoms with Gasteiger partial charge in [0.05, 0.1) is 0 Å². The number of benzene rings is 1. The van der Waals surface area contributed by atoms with Crippen LogP contribution in [0.2, 0.25) is 0 Å². The van der Waals surface area contributed by atoms with Crippen molar-refractivity contribution in [1.82, 2.24) is 14.9 Å². The summed E-state index contributed by atoms with van der Waals surface area (Å²) in [4.78, 5) is 13.0. The molecule has 0 radical (unpaired) electrons. The van der Waals surface area contributed by atoms with E-state index in [1.54, 1.807) is 0 Å². The molecule has 0 unspecified atom stereocenters. The van der Waals surface area contributed by atoms with Crippen molar-refractivity contribution in [2.24, 2.45) is 0 Å². The molecule has 2 aromatic rings. The monoisotopic (exact) mass is 299 g/mol. The maximum Gasteiger partial charge on any atom is 0.248 e. The first kappa shape index (κ1) is 14.6. The van der Waals surface area contributed by atoms with E-state index in [1.165, 1.54) is 11.9 Å². The Morgan fingerprint density at radius 1 is 1.05 bits per heavy atom. The van der Waals surface area contributed by atoms with E-state index in [9.17, 15) is 0 Å². The van der Waals surface area contributed by atoms with E-state index in [0.29, 0.717) is 11.6 Å². The Morgan fingerprint density at radius 2 is 1.73 bits per heavy atom. The van der Waals surface area contributed by atoms with Gasteiger partial charge in [-0.25, -0.2) is 4.98 Å². The fraction of sp³-hybridized carbons (Fsp3) is 0.375. The van der Waals surface area contributed by atoms with Crippen LogP contribution in [0.4, 0.5) is 11.5 Å². The second-order valence-electron chi connectivity index (χ2n) is 5.62. The smallest absolute Gasteiger partial charge is 0.248 e. The number of nitrogens with zero attached hydrogens (tertiary/aromatic N) is 4. The normalized spacial score (nSPS) is 15.8. The van der Waals surface area contributed by atoms with Gasteiger partial charge in [-0.2, -0.15) is 4.98 Å². The summed E-state index contributed by atoms with van der Waals surface area (Å²) >= 11 is 0. The minimum atomic E-state index is 0.410. The first-order chi connectivity index (χ1) is 10.6. The zero-order chi connectivity index (χ0) is 15.5. The minimum absolute atomic E-state index is 0.410. The highest BCUT2D eigenvalue weighted by atomic mass is 16.5. The summed E-state index contributed by atoms with van der Waals surface area (Å²) in [5.74, 6) is 1.89. The molecule has 3 rings (SSSR count). The van der Waals surface area contributed by atoms with Crippen molar-refractivity contribution in [3.63, 3.8) is 0 Å². The molecular weight excluding hydrogens is 278 g/mol. The SMILES string of the molecule is Cc1ccc(Oc2ncnc(N3CCN(C)CC3)c2N)cc1. The van der Waals surface area contributed by atoms with Crippen LogP contribution in [-0.2, 0) is 0 Å². The lowest BCUT2D eigenvalue weighted by molar-refractivity contribution is 0.312. The Labute approximate surface area is 130 Å². The second kappa shape index (κ2) is 6.19. The molecule has 22 heavy (non-hydrogen) atoms. The van der Waals surface area contributed by atoms with Crippen molar-refractivity contribution in [1.29, 1.82) is 0 Å². The molecule has 116 valence electrons. The van der Waals surface area contributed by atoms with Gasteiger partial charge >= 0.3 is 0 Å². The molecule has 1 aromatic carbocycles. The topological polar surface area (TPSA) is 67.5 Å². The first-order valence-corrected chi connectivity index (χ1v) is 7.42. The summed E-state index contributed by atoms with van der Waals surface area (Å²) in [5.41, 5.74) is 7.90. The van der Waals surface area contributed by atoms with Crippen molar-refractivity contribution in [3.8, 4) is 11.6 Å². The number of hydrogen-bond donors (Lipinski definition) is 1. The molecule has 2 N–H and O–H groups in total. The van der Waals surface area contributed by atoms with Crippen molar-refractivity contribution in [2.45, 2.75) is 6.92 Å². The maximum absolute atomic E-state index is 6.22. The number of nitrogens with two attached hydrogens (primary N) is 1. The predicted octanol–water partition coefficient (Wildman–Crippen LogP) is 1.91. The lowest BCUT2D eigenvalue weighted by Crippen LogP contribution is -2.45. The lowest BCUT2D eigenvalue weighted by Gasteiger charge is -2.33. The minimum Gasteiger partial charge on any atom is -0.437 e. The Morgan fingerprint density at radius 3 is 2.41 bits per heavy atom. The Balaban J connectivity index is 1.81. The number of ether oxygens (including phenoxy) is 1. The van der Waals surface area contributed by atoms with Gasteiger partial charge in [0.2, 0.25) is 5.88 Å². The summed E-state index contributed by atoms with van der Waals surface area (Å²) in [5, 5.41) is 0. The molecule has 6 nitrogen and oxygen atoms in total. The van der Waals surface area contributed by atoms with Crippen LogP contribution in [0.25, 0.3) is 0 Å². The average Bonchev–Trinajstić information content (AvgIpc) is 2.53. The summed E-state index contributed by atoms with van der Waals surface area (Å²) in [6, 6.07) is 7.81. The molecule has 2 heterocycles. The van der Waals surface area contributed by atoms with Gasteiger partial charge in [0.25, 0.3) is 0 Å². The van der Waals surface area contributed by atoms with Crippen molar-refractivity contribution in [2.75, 3.05) is 43.9 Å². The van der Waals surface area contributed by atoms with Crippen LogP contribution in [0.1, 0.15) is 5.56 Å². The fourth-order valence-corrected chi connectivity index (χ4v) is 2.44. The van der Waals surface area contributed by atoms with Gasteiger partial charge in [0.1, 0.15) is 17.8 Å². The number of aryl methyl sites for hydroxylation is 1. The standard InChI is InChI=1S/C16H21N5O/c1-12-3-5-13(6-4-12)22-16-14(17)15(18-11-19-16)21-9-7-20(2)8-10-21/h3-6,11H,7-10,17H2,1-2H3. The van der Waals surface area contributed by atoms with Crippen LogP contribution in [0.15, 0.2) is 30.6 Å². The number of aromatic nitrogens is 2. The fourth-order valence-electron chi connectivity index (χ4n) is 2.44. The molecule has 1 aromatic heterocycles. The third-order valence-corrected chi connectivity index (χ3v) is 3.86. The van der Waals surface area contributed by atoms with Gasteiger partial charge in [-0.05, 0) is 26.1 Å². The van der Waals surface area contributed by atoms with E-state index in [0.717, 1.165) is 37.7 Å². The van der Waals surface area contributed by atoms with Gasteiger partial charge in [-0.15, -0.1) is 0 Å². The summed E-state index contributed by atoms with van der Waals surface area (Å²) in [6.45, 7) is 5.84. The predicted molar refractivity (Wildman–Crippen MR) is 87.4 cm³/mol. The molecule has 0 spiro atoms. The Kier molecular flexibility index (Phi) is 4.11. The molecular formula is C16H21N5O. The van der Waals surface area contributed by atoms with Gasteiger partial charge in [-0.3, -0.25) is 0 Å². The van der Waals surface area contributed by atoms with Crippen LogP contribution >= 0.6 is 0 Å². The zero-order valence-corrected chi connectivity index (χ0v) is 13.0. The molecule has 0 amide bonds. The highest BCUT2D eigenvalue weighted by Crippen LogP contribution is 2.31. The number of anilines is 2. The number of likely N-dealkylation sites (N-methyl/N-ethyl adjacent to an activating group) is 1. The summed E-state index contributed by atoms with van der Waals surface area (Å²) < 4.78 is 5.80. The van der Waals surface area contributed by atoms with Crippen LogP contribution < -0.4 is 15.4 Å². The molecule has 0 saturated carbocycles. The molecule has 0 aliphatic carbocycles. The Bertz CT molecular complexity index is 635. The number of rotatable bonds is 3. The van der Waals surface area contributed by atoms with Crippen LogP contribution in [-0.4, -0.2) is 48.1 Å². The molecule has 0 bridgehead atoms. The molecule has 6 heteroatoms. The Hall–Kier alpha value is -2.34. The van der Waals surface area contributed by atoms with E-state index in [4.69, 9.17) is 10.5 Å². The van der Waals surface area contributed by atoms with Crippen LogP contribution in [0, 0.1) is 6.92 Å². The highest BCUT2D eigenvalue weighted by Gasteiger charge is 2.20. The average molecular weight is 299 g/mol. The van der Waals surface area contributed by atoms with Gasteiger partial charge in [0.15, 0.2) is 5.82 Å². The van der Waals surface area contributed by atoms with Gasteiger partial charge < -0.3 is 20.3 Å². The summed E-state index contributed by atoms with van der Waals surface area (Å²) in [7, 11) is 2.12.